The third-order valence-electron chi connectivity index (χ3n) is 1.21. The van der Waals surface area contributed by atoms with E-state index >= 15 is 0 Å². The van der Waals surface area contributed by atoms with E-state index in [1.165, 1.54) is 32.4 Å². The molecule has 4 nitrogen and oxygen atoms in total. The van der Waals surface area contributed by atoms with Gasteiger partial charge in [0.25, 0.3) is 0 Å². The summed E-state index contributed by atoms with van der Waals surface area (Å²) in [6.45, 7) is 2.50. The van der Waals surface area contributed by atoms with E-state index in [0.29, 0.717) is 0 Å². The topological polar surface area (TPSA) is 69.6 Å². The predicted octanol–water partition coefficient (Wildman–Crippen LogP) is -3.74. The maximum atomic E-state index is 8.74. The zero-order chi connectivity index (χ0) is 7.82. The molecule has 0 atom stereocenters. The SMILES string of the molecule is C1CCNCC1.O=[Si](O)O.[H-].[Na+]. The normalized spacial score (nSPS) is 15.3. The average molecular weight is 187 g/mol. The minimum atomic E-state index is -3.13. The van der Waals surface area contributed by atoms with E-state index in [1.54, 1.807) is 0 Å². The van der Waals surface area contributed by atoms with Crippen LogP contribution in [0.3, 0.4) is 0 Å². The maximum Gasteiger partial charge on any atom is 1.00 e. The number of hydrogen-bond acceptors (Lipinski definition) is 2. The van der Waals surface area contributed by atoms with Crippen LogP contribution in [0.5, 0.6) is 0 Å². The molecular formula is C5H14NNaO3Si. The number of hydrogen-bond donors (Lipinski definition) is 3. The van der Waals surface area contributed by atoms with Crippen LogP contribution >= 0.6 is 0 Å². The van der Waals surface area contributed by atoms with Crippen molar-refractivity contribution < 1.29 is 45.0 Å². The van der Waals surface area contributed by atoms with Crippen LogP contribution in [0.4, 0.5) is 0 Å². The molecule has 0 bridgehead atoms. The van der Waals surface area contributed by atoms with Crippen LogP contribution in [0.15, 0.2) is 0 Å². The van der Waals surface area contributed by atoms with Crippen molar-refractivity contribution in [1.29, 1.82) is 0 Å². The first kappa shape index (κ1) is 14.1. The molecule has 0 aromatic heterocycles. The molecule has 0 saturated carbocycles. The molecule has 1 heterocycles. The smallest absolute Gasteiger partial charge is 1.00 e. The van der Waals surface area contributed by atoms with Crippen LogP contribution in [0.25, 0.3) is 0 Å². The van der Waals surface area contributed by atoms with Gasteiger partial charge in [0.15, 0.2) is 0 Å². The van der Waals surface area contributed by atoms with Crippen molar-refractivity contribution in [2.45, 2.75) is 19.3 Å². The summed E-state index contributed by atoms with van der Waals surface area (Å²) >= 11 is 0. The Hall–Kier alpha value is 0.577. The van der Waals surface area contributed by atoms with Gasteiger partial charge in [-0.25, -0.2) is 0 Å². The summed E-state index contributed by atoms with van der Waals surface area (Å²) in [7, 11) is -3.13. The number of rotatable bonds is 0. The second-order valence-electron chi connectivity index (χ2n) is 2.09. The maximum absolute atomic E-state index is 8.74. The fourth-order valence-electron chi connectivity index (χ4n) is 0.802. The van der Waals surface area contributed by atoms with E-state index in [2.05, 4.69) is 5.32 Å². The van der Waals surface area contributed by atoms with Crippen LogP contribution in [0.1, 0.15) is 20.7 Å². The Morgan fingerprint density at radius 1 is 1.18 bits per heavy atom. The van der Waals surface area contributed by atoms with Crippen molar-refractivity contribution >= 4 is 9.17 Å². The van der Waals surface area contributed by atoms with E-state index in [1.807, 2.05) is 0 Å². The average Bonchev–Trinajstić information content (AvgIpc) is 1.90. The quantitative estimate of drug-likeness (QED) is 0.341. The molecule has 0 aliphatic carbocycles. The van der Waals surface area contributed by atoms with Gasteiger partial charge in [-0.1, -0.05) is 6.42 Å². The molecule has 62 valence electrons. The zero-order valence-corrected chi connectivity index (χ0v) is 9.84. The largest absolute Gasteiger partial charge is 1.00 e. The summed E-state index contributed by atoms with van der Waals surface area (Å²) in [6.07, 6.45) is 4.22. The minimum Gasteiger partial charge on any atom is -1.00 e. The molecule has 1 rings (SSSR count). The van der Waals surface area contributed by atoms with Crippen molar-refractivity contribution in [2.75, 3.05) is 13.1 Å². The molecule has 0 radical (unpaired) electrons. The minimum absolute atomic E-state index is 0. The summed E-state index contributed by atoms with van der Waals surface area (Å²) in [5.41, 5.74) is 0. The molecule has 0 unspecified atom stereocenters. The molecule has 6 heteroatoms. The third kappa shape index (κ3) is 18.0. The van der Waals surface area contributed by atoms with Gasteiger partial charge in [0.2, 0.25) is 0 Å². The van der Waals surface area contributed by atoms with E-state index in [-0.39, 0.29) is 31.0 Å². The Bertz CT molecular complexity index is 89.2. The van der Waals surface area contributed by atoms with Gasteiger partial charge in [-0.3, -0.25) is 4.46 Å². The standard InChI is InChI=1S/C5H11N.Na.H2O3Si.H/c1-2-4-6-5-3-1;;1-4(2)3;/h6H,1-5H2;;1-2H;/q;+1;;-1. The van der Waals surface area contributed by atoms with Crippen LogP contribution in [0.2, 0.25) is 0 Å². The van der Waals surface area contributed by atoms with E-state index in [0.717, 1.165) is 0 Å². The number of piperidine rings is 1. The summed E-state index contributed by atoms with van der Waals surface area (Å²) in [5, 5.41) is 3.28. The molecule has 1 fully saturated rings. The fourth-order valence-corrected chi connectivity index (χ4v) is 0.802. The summed E-state index contributed by atoms with van der Waals surface area (Å²) in [5.74, 6) is 0. The van der Waals surface area contributed by atoms with E-state index in [9.17, 15) is 0 Å². The Balaban J connectivity index is -0.000000124. The molecule has 3 N–H and O–H groups in total. The Kier molecular flexibility index (Phi) is 13.6. The first-order chi connectivity index (χ1) is 4.73. The molecule has 1 aliphatic heterocycles. The zero-order valence-electron chi connectivity index (χ0n) is 7.84. The van der Waals surface area contributed by atoms with Gasteiger partial charge in [0, 0.05) is 0 Å². The van der Waals surface area contributed by atoms with Crippen LogP contribution in [-0.4, -0.2) is 31.9 Å². The van der Waals surface area contributed by atoms with Crippen molar-refractivity contribution in [1.82, 2.24) is 5.32 Å². The van der Waals surface area contributed by atoms with E-state index < -0.39 is 9.17 Å². The summed E-state index contributed by atoms with van der Waals surface area (Å²) < 4.78 is 8.74. The van der Waals surface area contributed by atoms with Gasteiger partial charge in [0.1, 0.15) is 0 Å². The summed E-state index contributed by atoms with van der Waals surface area (Å²) in [6, 6.07) is 0. The first-order valence-corrected chi connectivity index (χ1v) is 4.66. The molecule has 0 aromatic rings. The predicted molar refractivity (Wildman–Crippen MR) is 38.7 cm³/mol. The molecule has 11 heavy (non-hydrogen) atoms. The van der Waals surface area contributed by atoms with Crippen molar-refractivity contribution in [3.63, 3.8) is 0 Å². The molecular weight excluding hydrogens is 173 g/mol. The van der Waals surface area contributed by atoms with Crippen LogP contribution < -0.4 is 34.9 Å². The second-order valence-corrected chi connectivity index (χ2v) is 2.66. The Morgan fingerprint density at radius 3 is 1.64 bits per heavy atom. The van der Waals surface area contributed by atoms with Crippen LogP contribution in [0, 0.1) is 0 Å². The molecule has 0 spiro atoms. The first-order valence-electron chi connectivity index (χ1n) is 3.36. The van der Waals surface area contributed by atoms with Crippen molar-refractivity contribution in [2.24, 2.45) is 0 Å². The van der Waals surface area contributed by atoms with Crippen molar-refractivity contribution in [3.8, 4) is 0 Å². The third-order valence-corrected chi connectivity index (χ3v) is 1.21. The van der Waals surface area contributed by atoms with Gasteiger partial charge in [0.05, 0.1) is 0 Å². The molecule has 0 aromatic carbocycles. The van der Waals surface area contributed by atoms with Gasteiger partial charge in [-0.15, -0.1) is 0 Å². The van der Waals surface area contributed by atoms with Gasteiger partial charge < -0.3 is 16.3 Å². The Morgan fingerprint density at radius 2 is 1.55 bits per heavy atom. The monoisotopic (exact) mass is 187 g/mol. The van der Waals surface area contributed by atoms with Crippen molar-refractivity contribution in [3.05, 3.63) is 0 Å². The van der Waals surface area contributed by atoms with Gasteiger partial charge >= 0.3 is 38.7 Å². The van der Waals surface area contributed by atoms with E-state index in [4.69, 9.17) is 14.1 Å². The number of nitrogens with one attached hydrogen (secondary N) is 1. The van der Waals surface area contributed by atoms with Gasteiger partial charge in [-0.05, 0) is 25.9 Å². The fraction of sp³-hybridized carbons (Fsp3) is 1.00. The molecule has 1 saturated heterocycles. The molecule has 0 amide bonds. The van der Waals surface area contributed by atoms with Gasteiger partial charge in [-0.2, -0.15) is 0 Å². The Labute approximate surface area is 91.7 Å². The summed E-state index contributed by atoms with van der Waals surface area (Å²) in [4.78, 5) is 14.3. The van der Waals surface area contributed by atoms with Crippen LogP contribution in [-0.2, 0) is 4.46 Å². The molecule has 1 aliphatic rings. The second kappa shape index (κ2) is 10.6.